The van der Waals surface area contributed by atoms with Crippen molar-refractivity contribution in [3.8, 4) is 0 Å². The Morgan fingerprint density at radius 1 is 0.456 bits per heavy atom. The maximum absolute atomic E-state index is 4.28. The second kappa shape index (κ2) is 18.4. The third-order valence-corrected chi connectivity index (χ3v) is 15.8. The zero-order chi connectivity index (χ0) is 39.5. The summed E-state index contributed by atoms with van der Waals surface area (Å²) >= 11 is 8.55. The first-order valence-corrected chi connectivity index (χ1v) is 25.3. The highest BCUT2D eigenvalue weighted by molar-refractivity contribution is 9.15. The molecule has 57 heavy (non-hydrogen) atoms. The van der Waals surface area contributed by atoms with Crippen LogP contribution in [0.4, 0.5) is 0 Å². The molecule has 0 saturated carbocycles. The van der Waals surface area contributed by atoms with Crippen LogP contribution < -0.4 is 10.7 Å². The first-order chi connectivity index (χ1) is 28.0. The molecule has 0 radical (unpaired) electrons. The predicted molar refractivity (Wildman–Crippen MR) is 249 cm³/mol. The van der Waals surface area contributed by atoms with Gasteiger partial charge in [0.1, 0.15) is 8.96 Å². The van der Waals surface area contributed by atoms with Crippen LogP contribution in [0.15, 0.2) is 65.5 Å². The van der Waals surface area contributed by atoms with E-state index in [2.05, 4.69) is 126 Å². The van der Waals surface area contributed by atoms with Crippen molar-refractivity contribution in [1.82, 2.24) is 9.13 Å². The summed E-state index contributed by atoms with van der Waals surface area (Å²) in [5.41, 5.74) is 11.3. The molecule has 0 fully saturated rings. The summed E-state index contributed by atoms with van der Waals surface area (Å²) in [6.45, 7) is 9.34. The predicted octanol–water partition coefficient (Wildman–Crippen LogP) is 13.5. The van der Waals surface area contributed by atoms with Gasteiger partial charge in [-0.1, -0.05) is 165 Å². The molecule has 0 N–H and O–H groups in total. The minimum atomic E-state index is -0.591. The number of hydrogen-bond donors (Lipinski definition) is 0. The van der Waals surface area contributed by atoms with E-state index in [1.165, 1.54) is 208 Å². The maximum Gasteiger partial charge on any atom is 0.553 e. The van der Waals surface area contributed by atoms with E-state index in [9.17, 15) is 0 Å². The van der Waals surface area contributed by atoms with Crippen molar-refractivity contribution in [3.63, 3.8) is 0 Å². The molecule has 2 aromatic heterocycles. The molecule has 0 bridgehead atoms. The molecule has 0 aromatic carbocycles. The van der Waals surface area contributed by atoms with E-state index in [-0.39, 0.29) is 0 Å². The number of unbranched alkanes of at least 4 members (excludes halogenated alkanes) is 16. The van der Waals surface area contributed by atoms with Gasteiger partial charge in [0.05, 0.1) is 27.7 Å². The summed E-state index contributed by atoms with van der Waals surface area (Å²) < 4.78 is 13.5. The highest BCUT2D eigenvalue weighted by Gasteiger charge is 2.73. The van der Waals surface area contributed by atoms with Gasteiger partial charge in [0.15, 0.2) is 0 Å². The average molecular weight is 899 g/mol. The van der Waals surface area contributed by atoms with E-state index in [0.717, 1.165) is 0 Å². The van der Waals surface area contributed by atoms with Crippen LogP contribution in [0.3, 0.4) is 0 Å². The van der Waals surface area contributed by atoms with Crippen LogP contribution in [0.25, 0.3) is 14.5 Å². The van der Waals surface area contributed by atoms with E-state index in [4.69, 9.17) is 0 Å². The third kappa shape index (κ3) is 7.11. The SMILES string of the molecule is CCCCCCCCC(CCCCCC)C1=C2C=CC3=[N+]2C24n5c(ccc5C(C(CCCCCC)CCCCCCCC)=c5ccc(n52)=C3Br)C(Br)=C2C=CC1=[N+]24. The Morgan fingerprint density at radius 2 is 0.912 bits per heavy atom. The molecule has 6 aliphatic rings. The minimum Gasteiger partial charge on any atom is -0.198 e. The normalized spacial score (nSPS) is 20.5. The number of halogens is 2. The second-order valence-corrected chi connectivity index (χ2v) is 19.6. The van der Waals surface area contributed by atoms with Crippen LogP contribution in [0.2, 0.25) is 0 Å². The molecule has 3 unspecified atom stereocenters. The van der Waals surface area contributed by atoms with Gasteiger partial charge in [0.25, 0.3) is 0 Å². The number of rotatable bonds is 26. The molecule has 0 saturated heterocycles. The van der Waals surface area contributed by atoms with Gasteiger partial charge in [-0.25, -0.2) is 0 Å². The van der Waals surface area contributed by atoms with E-state index in [0.29, 0.717) is 11.8 Å². The zero-order valence-corrected chi connectivity index (χ0v) is 39.0. The molecule has 1 spiro atoms. The summed E-state index contributed by atoms with van der Waals surface area (Å²) in [7, 11) is 0. The molecule has 8 rings (SSSR count). The van der Waals surface area contributed by atoms with Gasteiger partial charge < -0.3 is 0 Å². The summed E-state index contributed by atoms with van der Waals surface area (Å²) in [4.78, 5) is 0. The Bertz CT molecular complexity index is 2150. The summed E-state index contributed by atoms with van der Waals surface area (Å²) in [5, 5.41) is 2.72. The van der Waals surface area contributed by atoms with Crippen LogP contribution in [-0.4, -0.2) is 29.7 Å². The molecule has 3 atom stereocenters. The topological polar surface area (TPSA) is 15.9 Å². The second-order valence-electron chi connectivity index (χ2n) is 18.0. The van der Waals surface area contributed by atoms with Gasteiger partial charge in [-0.05, 0) is 93.6 Å². The lowest BCUT2D eigenvalue weighted by Crippen LogP contribution is -2.71. The largest absolute Gasteiger partial charge is 0.553 e. The first-order valence-electron chi connectivity index (χ1n) is 23.7. The molecule has 2 aromatic rings. The van der Waals surface area contributed by atoms with Crippen LogP contribution in [0.5, 0.6) is 0 Å². The lowest BCUT2D eigenvalue weighted by Gasteiger charge is -2.41. The standard InChI is InChI=1S/C51H70Br2N4/c1-5-9-13-17-19-23-27-37(25-21-15-11-7-3)47-39-29-33-43-49(52)45-35-31-41-48(38(26-22-16-12-8-4)28-24-20-18-14-10-6-2)42-32-36-46-50(53)44-34-30-40(47)55(44)51(54(39)43,56(41)45)57(42)46/h29-38H,5-28H2,1-4H3/q+2. The van der Waals surface area contributed by atoms with Crippen molar-refractivity contribution in [2.75, 3.05) is 0 Å². The monoisotopic (exact) mass is 896 g/mol. The van der Waals surface area contributed by atoms with Gasteiger partial charge in [0.2, 0.25) is 22.8 Å². The van der Waals surface area contributed by atoms with E-state index < -0.39 is 5.91 Å². The zero-order valence-electron chi connectivity index (χ0n) is 35.8. The van der Waals surface area contributed by atoms with E-state index >= 15 is 0 Å². The van der Waals surface area contributed by atoms with E-state index in [1.54, 1.807) is 11.1 Å². The molecule has 0 amide bonds. The van der Waals surface area contributed by atoms with Crippen molar-refractivity contribution >= 4 is 57.8 Å². The Morgan fingerprint density at radius 3 is 1.51 bits per heavy atom. The van der Waals surface area contributed by atoms with Crippen molar-refractivity contribution in [2.24, 2.45) is 11.8 Å². The molecular weight excluding hydrogens is 828 g/mol. The van der Waals surface area contributed by atoms with Crippen LogP contribution in [-0.2, 0) is 5.91 Å². The Hall–Kier alpha value is -2.44. The Labute approximate surface area is 361 Å². The fourth-order valence-electron chi connectivity index (χ4n) is 11.4. The van der Waals surface area contributed by atoms with Gasteiger partial charge in [0, 0.05) is 29.9 Å². The molecule has 306 valence electrons. The van der Waals surface area contributed by atoms with Crippen molar-refractivity contribution in [1.29, 1.82) is 0 Å². The van der Waals surface area contributed by atoms with Gasteiger partial charge in [-0.15, -0.1) is 0 Å². The molecule has 8 heterocycles. The lowest BCUT2D eigenvalue weighted by molar-refractivity contribution is -0.837. The summed E-state index contributed by atoms with van der Waals surface area (Å²) in [6.07, 6.45) is 41.7. The van der Waals surface area contributed by atoms with Crippen LogP contribution in [0, 0.1) is 11.8 Å². The third-order valence-electron chi connectivity index (χ3n) is 14.2. The average Bonchev–Trinajstić information content (AvgIpc) is 4.05. The molecule has 6 heteroatoms. The highest BCUT2D eigenvalue weighted by atomic mass is 79.9. The van der Waals surface area contributed by atoms with Crippen LogP contribution >= 0.6 is 31.9 Å². The molecule has 4 nitrogen and oxygen atoms in total. The molecule has 6 aliphatic heterocycles. The van der Waals surface area contributed by atoms with Crippen molar-refractivity contribution in [2.45, 2.75) is 188 Å². The number of hydrogen-bond acceptors (Lipinski definition) is 0. The highest BCUT2D eigenvalue weighted by Crippen LogP contribution is 2.53. The van der Waals surface area contributed by atoms with Crippen molar-refractivity contribution < 1.29 is 9.15 Å². The number of allylic oxidation sites excluding steroid dienone is 5. The summed E-state index contributed by atoms with van der Waals surface area (Å²) in [5.74, 6) is 0.478. The number of aromatic nitrogens is 2. The maximum atomic E-state index is 4.28. The minimum absolute atomic E-state index is 0.535. The van der Waals surface area contributed by atoms with Gasteiger partial charge in [-0.2, -0.15) is 9.13 Å². The lowest BCUT2D eigenvalue weighted by atomic mass is 9.82. The Kier molecular flexibility index (Phi) is 13.4. The Balaban J connectivity index is 1.28. The van der Waals surface area contributed by atoms with Crippen LogP contribution in [0.1, 0.15) is 193 Å². The quantitative estimate of drug-likeness (QED) is 0.0661. The van der Waals surface area contributed by atoms with Crippen molar-refractivity contribution in [3.05, 3.63) is 87.6 Å². The fourth-order valence-corrected chi connectivity index (χ4v) is 12.6. The summed E-state index contributed by atoms with van der Waals surface area (Å²) in [6, 6.07) is 9.85. The van der Waals surface area contributed by atoms with E-state index in [1.807, 2.05) is 0 Å². The smallest absolute Gasteiger partial charge is 0.198 e. The van der Waals surface area contributed by atoms with Gasteiger partial charge in [-0.3, -0.25) is 0 Å². The van der Waals surface area contributed by atoms with Gasteiger partial charge >= 0.3 is 5.91 Å². The fraction of sp³-hybridized carbons (Fsp3) is 0.608. The first kappa shape index (κ1) is 41.3. The molecular formula is C51H70Br2N4+2. The molecule has 0 aliphatic carbocycles. The number of nitrogens with zero attached hydrogens (tertiary/aromatic N) is 4.